The molecule has 1 aliphatic carbocycles. The first-order chi connectivity index (χ1) is 17.3. The number of hydrazone groups is 1. The number of anilines is 2. The van der Waals surface area contributed by atoms with Crippen LogP contribution < -0.4 is 10.3 Å². The molecule has 36 heavy (non-hydrogen) atoms. The van der Waals surface area contributed by atoms with Crippen LogP contribution in [0, 0.1) is 10.8 Å². The van der Waals surface area contributed by atoms with Crippen LogP contribution in [0.15, 0.2) is 65.8 Å². The molecule has 1 heterocycles. The number of nitrogens with one attached hydrogen (secondary N) is 2. The van der Waals surface area contributed by atoms with Crippen LogP contribution >= 0.6 is 0 Å². The summed E-state index contributed by atoms with van der Waals surface area (Å²) in [6.07, 6.45) is 4.23. The molecule has 1 atom stereocenters. The maximum absolute atomic E-state index is 13.6. The first-order valence-electron chi connectivity index (χ1n) is 11.8. The number of benzene rings is 3. The summed E-state index contributed by atoms with van der Waals surface area (Å²) in [6, 6.07) is 17.3. The summed E-state index contributed by atoms with van der Waals surface area (Å²) < 4.78 is 0. The van der Waals surface area contributed by atoms with Gasteiger partial charge in [0.1, 0.15) is 11.2 Å². The van der Waals surface area contributed by atoms with Crippen molar-refractivity contribution in [3.05, 3.63) is 77.4 Å². The fraction of sp³-hybridized carbons (Fsp3) is 0.214. The van der Waals surface area contributed by atoms with E-state index in [0.717, 1.165) is 25.5 Å². The molecule has 0 saturated carbocycles. The van der Waals surface area contributed by atoms with Gasteiger partial charge in [0, 0.05) is 18.3 Å². The number of nitrogens with zero attached hydrogens (tertiary/aromatic N) is 2. The Hall–Kier alpha value is -4.46. The Balaban J connectivity index is 1.41. The van der Waals surface area contributed by atoms with E-state index in [4.69, 9.17) is 5.41 Å². The number of fused-ring (bicyclic) bond motifs is 1. The SMILES string of the molecule is CC1=NN(c2ccc3c(c2)CCC3)C(=O)[C@]1(C=N)CNc1cccc(-c2cccc(C(=O)O)c2)c1O. The molecule has 0 saturated heterocycles. The highest BCUT2D eigenvalue weighted by atomic mass is 16.4. The molecular formula is C28H26N4O4. The largest absolute Gasteiger partial charge is 0.505 e. The molecule has 2 aliphatic rings. The molecule has 0 bridgehead atoms. The Morgan fingerprint density at radius 3 is 2.69 bits per heavy atom. The van der Waals surface area contributed by atoms with Gasteiger partial charge in [-0.3, -0.25) is 4.79 Å². The zero-order valence-corrected chi connectivity index (χ0v) is 19.8. The lowest BCUT2D eigenvalue weighted by Gasteiger charge is -2.25. The predicted octanol–water partition coefficient (Wildman–Crippen LogP) is 4.72. The van der Waals surface area contributed by atoms with E-state index >= 15 is 0 Å². The van der Waals surface area contributed by atoms with Gasteiger partial charge in [0.2, 0.25) is 0 Å². The molecule has 1 amide bonds. The summed E-state index contributed by atoms with van der Waals surface area (Å²) in [5.41, 5.74) is 3.89. The van der Waals surface area contributed by atoms with Crippen molar-refractivity contribution in [3.8, 4) is 16.9 Å². The summed E-state index contributed by atoms with van der Waals surface area (Å²) in [5, 5.41) is 37.4. The van der Waals surface area contributed by atoms with E-state index in [0.29, 0.717) is 28.2 Å². The van der Waals surface area contributed by atoms with Crippen molar-refractivity contribution in [3.63, 3.8) is 0 Å². The number of carboxylic acids is 1. The second-order valence-corrected chi connectivity index (χ2v) is 9.17. The summed E-state index contributed by atoms with van der Waals surface area (Å²) >= 11 is 0. The number of phenolic OH excluding ortho intramolecular Hbond substituents is 1. The second kappa shape index (κ2) is 8.96. The third-order valence-electron chi connectivity index (χ3n) is 7.06. The highest BCUT2D eigenvalue weighted by molar-refractivity contribution is 6.28. The minimum Gasteiger partial charge on any atom is -0.505 e. The van der Waals surface area contributed by atoms with Crippen molar-refractivity contribution >= 4 is 35.2 Å². The number of aromatic carboxylic acids is 1. The summed E-state index contributed by atoms with van der Waals surface area (Å²) in [7, 11) is 0. The predicted molar refractivity (Wildman–Crippen MR) is 139 cm³/mol. The topological polar surface area (TPSA) is 126 Å². The first-order valence-corrected chi connectivity index (χ1v) is 11.8. The van der Waals surface area contributed by atoms with E-state index in [1.807, 2.05) is 18.2 Å². The molecule has 4 N–H and O–H groups in total. The van der Waals surface area contributed by atoms with Crippen LogP contribution in [-0.2, 0) is 17.6 Å². The fourth-order valence-corrected chi connectivity index (χ4v) is 4.89. The van der Waals surface area contributed by atoms with Crippen LogP contribution in [-0.4, -0.2) is 40.6 Å². The number of amides is 1. The van der Waals surface area contributed by atoms with Crippen LogP contribution in [0.5, 0.6) is 5.75 Å². The maximum Gasteiger partial charge on any atom is 0.335 e. The number of aromatic hydroxyl groups is 1. The molecule has 0 fully saturated rings. The zero-order valence-electron chi connectivity index (χ0n) is 19.8. The van der Waals surface area contributed by atoms with Crippen molar-refractivity contribution in [1.29, 1.82) is 5.41 Å². The molecular weight excluding hydrogens is 456 g/mol. The molecule has 182 valence electrons. The van der Waals surface area contributed by atoms with Crippen LogP contribution in [0.4, 0.5) is 11.4 Å². The van der Waals surface area contributed by atoms with Crippen molar-refractivity contribution in [2.75, 3.05) is 16.9 Å². The Kier molecular flexibility index (Phi) is 5.80. The summed E-state index contributed by atoms with van der Waals surface area (Å²) in [5.74, 6) is -1.46. The van der Waals surface area contributed by atoms with Gasteiger partial charge >= 0.3 is 5.97 Å². The van der Waals surface area contributed by atoms with E-state index in [1.54, 1.807) is 37.3 Å². The number of phenols is 1. The molecule has 3 aromatic rings. The van der Waals surface area contributed by atoms with Gasteiger partial charge in [0.15, 0.2) is 0 Å². The van der Waals surface area contributed by atoms with E-state index in [9.17, 15) is 19.8 Å². The van der Waals surface area contributed by atoms with E-state index in [-0.39, 0.29) is 23.8 Å². The standard InChI is InChI=1S/C28H26N4O4/c1-17-28(15-29,27(36)32(31-17)22-12-11-18-5-2-6-19(18)14-22)16-30-24-10-4-9-23(25(24)33)20-7-3-8-21(13-20)26(34)35/h3-4,7-15,29-30,33H,2,5-6,16H2,1H3,(H,34,35)/t28-/m1/s1. The number of carboxylic acid groups (broad SMARTS) is 1. The van der Waals surface area contributed by atoms with Gasteiger partial charge in [-0.2, -0.15) is 10.1 Å². The highest BCUT2D eigenvalue weighted by Crippen LogP contribution is 2.38. The van der Waals surface area contributed by atoms with Crippen molar-refractivity contribution in [2.45, 2.75) is 26.2 Å². The number of aryl methyl sites for hydroxylation is 2. The van der Waals surface area contributed by atoms with Crippen LogP contribution in [0.2, 0.25) is 0 Å². The zero-order chi connectivity index (χ0) is 25.4. The average Bonchev–Trinajstić information content (AvgIpc) is 3.45. The van der Waals surface area contributed by atoms with Crippen molar-refractivity contribution in [2.24, 2.45) is 10.5 Å². The minimum atomic E-state index is -1.30. The summed E-state index contributed by atoms with van der Waals surface area (Å²) in [6.45, 7) is 1.75. The monoisotopic (exact) mass is 482 g/mol. The van der Waals surface area contributed by atoms with E-state index in [2.05, 4.69) is 10.4 Å². The van der Waals surface area contributed by atoms with Gasteiger partial charge < -0.3 is 20.9 Å². The van der Waals surface area contributed by atoms with Gasteiger partial charge in [-0.15, -0.1) is 0 Å². The molecule has 3 aromatic carbocycles. The van der Waals surface area contributed by atoms with Crippen LogP contribution in [0.25, 0.3) is 11.1 Å². The van der Waals surface area contributed by atoms with Crippen LogP contribution in [0.1, 0.15) is 34.8 Å². The molecule has 5 rings (SSSR count). The van der Waals surface area contributed by atoms with Gasteiger partial charge in [-0.25, -0.2) is 4.79 Å². The van der Waals surface area contributed by atoms with Gasteiger partial charge in [-0.05, 0) is 73.2 Å². The smallest absolute Gasteiger partial charge is 0.335 e. The van der Waals surface area contributed by atoms with Crippen molar-refractivity contribution in [1.82, 2.24) is 0 Å². The fourth-order valence-electron chi connectivity index (χ4n) is 4.89. The summed E-state index contributed by atoms with van der Waals surface area (Å²) in [4.78, 5) is 24.9. The second-order valence-electron chi connectivity index (χ2n) is 9.17. The molecule has 0 radical (unpaired) electrons. The molecule has 0 unspecified atom stereocenters. The highest BCUT2D eigenvalue weighted by Gasteiger charge is 2.48. The number of rotatable bonds is 7. The van der Waals surface area contributed by atoms with Crippen molar-refractivity contribution < 1.29 is 19.8 Å². The average molecular weight is 483 g/mol. The Morgan fingerprint density at radius 2 is 1.92 bits per heavy atom. The van der Waals surface area contributed by atoms with Gasteiger partial charge in [0.05, 0.1) is 22.6 Å². The van der Waals surface area contributed by atoms with E-state index < -0.39 is 11.4 Å². The third kappa shape index (κ3) is 3.80. The number of hydrogen-bond donors (Lipinski definition) is 4. The number of carbonyl (C=O) groups is 2. The molecule has 8 nitrogen and oxygen atoms in total. The molecule has 8 heteroatoms. The lowest BCUT2D eigenvalue weighted by atomic mass is 9.84. The Morgan fingerprint density at radius 1 is 1.14 bits per heavy atom. The number of hydrogen-bond acceptors (Lipinski definition) is 6. The quantitative estimate of drug-likeness (QED) is 0.286. The van der Waals surface area contributed by atoms with E-state index in [1.165, 1.54) is 28.3 Å². The van der Waals surface area contributed by atoms with Crippen LogP contribution in [0.3, 0.4) is 0 Å². The van der Waals surface area contributed by atoms with Gasteiger partial charge in [-0.1, -0.05) is 30.3 Å². The normalized spacial score (nSPS) is 18.6. The minimum absolute atomic E-state index is 0.0261. The molecule has 0 aromatic heterocycles. The molecule has 1 aliphatic heterocycles. The number of para-hydroxylation sites is 1. The molecule has 0 spiro atoms. The Labute approximate surface area is 208 Å². The third-order valence-corrected chi connectivity index (χ3v) is 7.06. The van der Waals surface area contributed by atoms with Gasteiger partial charge in [0.25, 0.3) is 5.91 Å². The lowest BCUT2D eigenvalue weighted by Crippen LogP contribution is -2.45. The first kappa shape index (κ1) is 23.3. The number of carbonyl (C=O) groups excluding carboxylic acids is 1. The maximum atomic E-state index is 13.6. The Bertz CT molecular complexity index is 1430. The lowest BCUT2D eigenvalue weighted by molar-refractivity contribution is -0.121.